The van der Waals surface area contributed by atoms with Crippen molar-refractivity contribution in [3.05, 3.63) is 59.8 Å². The van der Waals surface area contributed by atoms with Crippen molar-refractivity contribution in [2.45, 2.75) is 6.54 Å². The van der Waals surface area contributed by atoms with Crippen LogP contribution in [0.2, 0.25) is 0 Å². The summed E-state index contributed by atoms with van der Waals surface area (Å²) in [4.78, 5) is 12.3. The number of para-hydroxylation sites is 1. The van der Waals surface area contributed by atoms with Gasteiger partial charge in [-0.2, -0.15) is 5.10 Å². The molecule has 2 aromatic carbocycles. The lowest BCUT2D eigenvalue weighted by molar-refractivity contribution is 0.102. The standard InChI is InChI=1S/C16H16N4O/c1-17-10-11-5-4-6-12(9-11)18-16(21)15-13-7-2-3-8-14(13)19-20-15/h2-9,17H,10H2,1H3,(H,18,21)(H,19,20). The van der Waals surface area contributed by atoms with Gasteiger partial charge in [0.15, 0.2) is 5.69 Å². The van der Waals surface area contributed by atoms with Gasteiger partial charge in [-0.1, -0.05) is 30.3 Å². The molecular formula is C16H16N4O. The number of carbonyl (C=O) groups is 1. The Labute approximate surface area is 122 Å². The highest BCUT2D eigenvalue weighted by atomic mass is 16.1. The van der Waals surface area contributed by atoms with Crippen molar-refractivity contribution in [3.63, 3.8) is 0 Å². The van der Waals surface area contributed by atoms with Crippen LogP contribution in [0.3, 0.4) is 0 Å². The summed E-state index contributed by atoms with van der Waals surface area (Å²) in [7, 11) is 1.89. The molecule has 0 saturated heterocycles. The van der Waals surface area contributed by atoms with Gasteiger partial charge < -0.3 is 10.6 Å². The van der Waals surface area contributed by atoms with Gasteiger partial charge in [0.1, 0.15) is 0 Å². The molecule has 0 aliphatic heterocycles. The van der Waals surface area contributed by atoms with Crippen LogP contribution < -0.4 is 10.6 Å². The number of nitrogens with one attached hydrogen (secondary N) is 3. The van der Waals surface area contributed by atoms with Crippen LogP contribution in [-0.2, 0) is 6.54 Å². The molecule has 21 heavy (non-hydrogen) atoms. The topological polar surface area (TPSA) is 69.8 Å². The van der Waals surface area contributed by atoms with Gasteiger partial charge in [-0.05, 0) is 30.8 Å². The van der Waals surface area contributed by atoms with Gasteiger partial charge in [-0.25, -0.2) is 0 Å². The lowest BCUT2D eigenvalue weighted by Gasteiger charge is -2.06. The summed E-state index contributed by atoms with van der Waals surface area (Å²) in [5.41, 5.74) is 3.14. The fourth-order valence-electron chi connectivity index (χ4n) is 2.29. The van der Waals surface area contributed by atoms with Crippen LogP contribution in [0.15, 0.2) is 48.5 Å². The molecule has 0 unspecified atom stereocenters. The van der Waals surface area contributed by atoms with Crippen molar-refractivity contribution in [1.29, 1.82) is 0 Å². The molecule has 0 saturated carbocycles. The Morgan fingerprint density at radius 3 is 2.90 bits per heavy atom. The second-order valence-corrected chi connectivity index (χ2v) is 4.80. The van der Waals surface area contributed by atoms with E-state index in [2.05, 4.69) is 20.8 Å². The molecule has 3 N–H and O–H groups in total. The van der Waals surface area contributed by atoms with E-state index < -0.39 is 0 Å². The number of carbonyl (C=O) groups excluding carboxylic acids is 1. The average molecular weight is 280 g/mol. The molecule has 5 nitrogen and oxygen atoms in total. The number of amides is 1. The molecular weight excluding hydrogens is 264 g/mol. The molecule has 3 rings (SSSR count). The molecule has 0 atom stereocenters. The molecule has 1 heterocycles. The molecule has 1 aromatic heterocycles. The van der Waals surface area contributed by atoms with E-state index in [0.29, 0.717) is 5.69 Å². The zero-order valence-electron chi connectivity index (χ0n) is 11.7. The number of H-pyrrole nitrogens is 1. The number of hydrogen-bond acceptors (Lipinski definition) is 3. The Balaban J connectivity index is 1.84. The van der Waals surface area contributed by atoms with E-state index in [1.807, 2.05) is 55.6 Å². The molecule has 0 bridgehead atoms. The minimum atomic E-state index is -0.214. The Morgan fingerprint density at radius 1 is 1.19 bits per heavy atom. The number of hydrogen-bond donors (Lipinski definition) is 3. The third kappa shape index (κ3) is 2.78. The summed E-state index contributed by atoms with van der Waals surface area (Å²) >= 11 is 0. The van der Waals surface area contributed by atoms with Crippen molar-refractivity contribution in [1.82, 2.24) is 15.5 Å². The number of anilines is 1. The summed E-state index contributed by atoms with van der Waals surface area (Å²) in [6.45, 7) is 0.759. The van der Waals surface area contributed by atoms with E-state index in [1.54, 1.807) is 0 Å². The van der Waals surface area contributed by atoms with Crippen LogP contribution in [0, 0.1) is 0 Å². The summed E-state index contributed by atoms with van der Waals surface area (Å²) in [6.07, 6.45) is 0. The van der Waals surface area contributed by atoms with Crippen LogP contribution in [0.25, 0.3) is 10.9 Å². The highest BCUT2D eigenvalue weighted by Crippen LogP contribution is 2.17. The van der Waals surface area contributed by atoms with Crippen LogP contribution in [0.5, 0.6) is 0 Å². The number of benzene rings is 2. The lowest BCUT2D eigenvalue weighted by atomic mass is 10.2. The normalized spacial score (nSPS) is 10.7. The van der Waals surface area contributed by atoms with E-state index in [0.717, 1.165) is 28.7 Å². The van der Waals surface area contributed by atoms with Crippen LogP contribution in [-0.4, -0.2) is 23.2 Å². The highest BCUT2D eigenvalue weighted by molar-refractivity contribution is 6.11. The van der Waals surface area contributed by atoms with E-state index in [9.17, 15) is 4.79 Å². The number of rotatable bonds is 4. The number of nitrogens with zero attached hydrogens (tertiary/aromatic N) is 1. The summed E-state index contributed by atoms with van der Waals surface area (Å²) < 4.78 is 0. The number of fused-ring (bicyclic) bond motifs is 1. The monoisotopic (exact) mass is 280 g/mol. The first-order valence-electron chi connectivity index (χ1n) is 6.76. The van der Waals surface area contributed by atoms with Gasteiger partial charge >= 0.3 is 0 Å². The first-order valence-corrected chi connectivity index (χ1v) is 6.76. The van der Waals surface area contributed by atoms with E-state index >= 15 is 0 Å². The zero-order valence-corrected chi connectivity index (χ0v) is 11.7. The fourth-order valence-corrected chi connectivity index (χ4v) is 2.29. The third-order valence-electron chi connectivity index (χ3n) is 3.25. The van der Waals surface area contributed by atoms with Crippen molar-refractivity contribution in [3.8, 4) is 0 Å². The van der Waals surface area contributed by atoms with Crippen molar-refractivity contribution >= 4 is 22.5 Å². The van der Waals surface area contributed by atoms with E-state index in [4.69, 9.17) is 0 Å². The SMILES string of the molecule is CNCc1cccc(NC(=O)c2n[nH]c3ccccc23)c1. The zero-order chi connectivity index (χ0) is 14.7. The molecule has 5 heteroatoms. The molecule has 106 valence electrons. The van der Waals surface area contributed by atoms with Crippen molar-refractivity contribution in [2.75, 3.05) is 12.4 Å². The van der Waals surface area contributed by atoms with Gasteiger partial charge in [0.25, 0.3) is 5.91 Å². The van der Waals surface area contributed by atoms with Crippen LogP contribution >= 0.6 is 0 Å². The van der Waals surface area contributed by atoms with E-state index in [-0.39, 0.29) is 5.91 Å². The smallest absolute Gasteiger partial charge is 0.276 e. The molecule has 0 fully saturated rings. The maximum Gasteiger partial charge on any atom is 0.276 e. The molecule has 3 aromatic rings. The second kappa shape index (κ2) is 5.76. The largest absolute Gasteiger partial charge is 0.321 e. The average Bonchev–Trinajstić information content (AvgIpc) is 2.92. The summed E-state index contributed by atoms with van der Waals surface area (Å²) in [5.74, 6) is -0.214. The Bertz CT molecular complexity index is 779. The third-order valence-corrected chi connectivity index (χ3v) is 3.25. The Hall–Kier alpha value is -2.66. The van der Waals surface area contributed by atoms with Gasteiger partial charge in [0.2, 0.25) is 0 Å². The summed E-state index contributed by atoms with van der Waals surface area (Å²) in [6, 6.07) is 15.3. The highest BCUT2D eigenvalue weighted by Gasteiger charge is 2.13. The maximum atomic E-state index is 12.3. The van der Waals surface area contributed by atoms with Gasteiger partial charge in [0, 0.05) is 17.6 Å². The minimum Gasteiger partial charge on any atom is -0.321 e. The Kier molecular flexibility index (Phi) is 3.66. The maximum absolute atomic E-state index is 12.3. The fraction of sp³-hybridized carbons (Fsp3) is 0.125. The minimum absolute atomic E-state index is 0.214. The number of aromatic amines is 1. The lowest BCUT2D eigenvalue weighted by Crippen LogP contribution is -2.13. The quantitative estimate of drug-likeness (QED) is 0.688. The molecule has 0 spiro atoms. The predicted molar refractivity (Wildman–Crippen MR) is 83.3 cm³/mol. The van der Waals surface area contributed by atoms with Crippen molar-refractivity contribution < 1.29 is 4.79 Å². The Morgan fingerprint density at radius 2 is 2.05 bits per heavy atom. The first-order chi connectivity index (χ1) is 10.3. The van der Waals surface area contributed by atoms with Gasteiger partial charge in [-0.3, -0.25) is 9.89 Å². The van der Waals surface area contributed by atoms with Gasteiger partial charge in [-0.15, -0.1) is 0 Å². The van der Waals surface area contributed by atoms with Gasteiger partial charge in [0.05, 0.1) is 5.52 Å². The van der Waals surface area contributed by atoms with E-state index in [1.165, 1.54) is 0 Å². The molecule has 0 aliphatic carbocycles. The second-order valence-electron chi connectivity index (χ2n) is 4.80. The van der Waals surface area contributed by atoms with Crippen molar-refractivity contribution in [2.24, 2.45) is 0 Å². The number of aromatic nitrogens is 2. The van der Waals surface area contributed by atoms with Crippen LogP contribution in [0.1, 0.15) is 16.1 Å². The molecule has 1 amide bonds. The first kappa shape index (κ1) is 13.3. The predicted octanol–water partition coefficient (Wildman–Crippen LogP) is 2.53. The van der Waals surface area contributed by atoms with Crippen LogP contribution in [0.4, 0.5) is 5.69 Å². The molecule has 0 radical (unpaired) electrons. The summed E-state index contributed by atoms with van der Waals surface area (Å²) in [5, 5.41) is 13.8. The molecule has 0 aliphatic rings.